The zero-order valence-electron chi connectivity index (χ0n) is 8.96. The van der Waals surface area contributed by atoms with E-state index >= 15 is 0 Å². The molecule has 0 bridgehead atoms. The molecule has 13 heavy (non-hydrogen) atoms. The molecule has 7 N–H and O–H groups in total. The summed E-state index contributed by atoms with van der Waals surface area (Å²) in [6, 6.07) is 0.527. The lowest BCUT2D eigenvalue weighted by Gasteiger charge is -2.28. The van der Waals surface area contributed by atoms with Gasteiger partial charge in [-0.05, 0) is 26.3 Å². The van der Waals surface area contributed by atoms with Crippen LogP contribution in [-0.4, -0.2) is 31.2 Å². The van der Waals surface area contributed by atoms with Gasteiger partial charge >= 0.3 is 0 Å². The van der Waals surface area contributed by atoms with Gasteiger partial charge in [0.25, 0.3) is 0 Å². The summed E-state index contributed by atoms with van der Waals surface area (Å²) in [6.45, 7) is 7.50. The van der Waals surface area contributed by atoms with Gasteiger partial charge in [0.2, 0.25) is 0 Å². The molecule has 0 aliphatic heterocycles. The quantitative estimate of drug-likeness (QED) is 0.441. The second-order valence-electron chi connectivity index (χ2n) is 3.98. The molecule has 0 aromatic heterocycles. The Kier molecular flexibility index (Phi) is 6.24. The summed E-state index contributed by atoms with van der Waals surface area (Å²) in [5.74, 6) is 0.388. The molecule has 80 valence electrons. The first-order valence-electron chi connectivity index (χ1n) is 4.93. The first-order chi connectivity index (χ1) is 5.99. The standard InChI is InChI=1S/C9H24N4/c1-6(4-10)9(8(3)12)13-5-7(2)11/h6-9,13H,4-5,10-12H2,1-3H3. The van der Waals surface area contributed by atoms with Gasteiger partial charge in [-0.2, -0.15) is 0 Å². The summed E-state index contributed by atoms with van der Waals surface area (Å²) >= 11 is 0. The molecule has 0 rings (SSSR count). The van der Waals surface area contributed by atoms with Crippen molar-refractivity contribution >= 4 is 0 Å². The number of hydrogen-bond acceptors (Lipinski definition) is 4. The minimum absolute atomic E-state index is 0.109. The van der Waals surface area contributed by atoms with Crippen molar-refractivity contribution in [2.24, 2.45) is 23.1 Å². The lowest BCUT2D eigenvalue weighted by Crippen LogP contribution is -2.51. The molecule has 4 heteroatoms. The maximum atomic E-state index is 5.84. The van der Waals surface area contributed by atoms with E-state index in [1.54, 1.807) is 0 Å². The monoisotopic (exact) mass is 188 g/mol. The number of rotatable bonds is 6. The number of nitrogens with one attached hydrogen (secondary N) is 1. The van der Waals surface area contributed by atoms with Crippen LogP contribution in [-0.2, 0) is 0 Å². The maximum Gasteiger partial charge on any atom is 0.0254 e. The van der Waals surface area contributed by atoms with Gasteiger partial charge in [-0.15, -0.1) is 0 Å². The highest BCUT2D eigenvalue weighted by Crippen LogP contribution is 2.04. The normalized spacial score (nSPS) is 20.8. The third kappa shape index (κ3) is 5.21. The van der Waals surface area contributed by atoms with Crippen LogP contribution in [0.2, 0.25) is 0 Å². The molecule has 0 aromatic carbocycles. The zero-order valence-corrected chi connectivity index (χ0v) is 8.96. The minimum Gasteiger partial charge on any atom is -0.330 e. The van der Waals surface area contributed by atoms with Crippen molar-refractivity contribution in [3.8, 4) is 0 Å². The Hall–Kier alpha value is -0.160. The van der Waals surface area contributed by atoms with Crippen molar-refractivity contribution in [1.82, 2.24) is 5.32 Å². The Morgan fingerprint density at radius 3 is 2.00 bits per heavy atom. The highest BCUT2D eigenvalue weighted by Gasteiger charge is 2.19. The van der Waals surface area contributed by atoms with Crippen molar-refractivity contribution in [2.75, 3.05) is 13.1 Å². The molecule has 0 aromatic rings. The van der Waals surface area contributed by atoms with Gasteiger partial charge < -0.3 is 22.5 Å². The second kappa shape index (κ2) is 6.32. The molecule has 0 saturated heterocycles. The highest BCUT2D eigenvalue weighted by atomic mass is 15.0. The third-order valence-electron chi connectivity index (χ3n) is 2.23. The zero-order chi connectivity index (χ0) is 10.4. The van der Waals surface area contributed by atoms with E-state index in [-0.39, 0.29) is 18.1 Å². The van der Waals surface area contributed by atoms with Crippen LogP contribution in [0.3, 0.4) is 0 Å². The Bertz CT molecular complexity index is 125. The summed E-state index contributed by atoms with van der Waals surface area (Å²) in [5.41, 5.74) is 17.1. The van der Waals surface area contributed by atoms with Gasteiger partial charge in [0, 0.05) is 24.7 Å². The lowest BCUT2D eigenvalue weighted by molar-refractivity contribution is 0.334. The van der Waals surface area contributed by atoms with Gasteiger partial charge in [-0.3, -0.25) is 0 Å². The molecule has 0 fully saturated rings. The molecule has 0 aliphatic rings. The molecular weight excluding hydrogens is 164 g/mol. The van der Waals surface area contributed by atoms with E-state index in [1.165, 1.54) is 0 Å². The maximum absolute atomic E-state index is 5.84. The molecule has 0 saturated carbocycles. The molecule has 4 atom stereocenters. The molecule has 0 radical (unpaired) electrons. The van der Waals surface area contributed by atoms with E-state index in [4.69, 9.17) is 17.2 Å². The van der Waals surface area contributed by atoms with E-state index in [1.807, 2.05) is 13.8 Å². The van der Waals surface area contributed by atoms with Gasteiger partial charge in [0.1, 0.15) is 0 Å². The van der Waals surface area contributed by atoms with Crippen LogP contribution in [0.4, 0.5) is 0 Å². The highest BCUT2D eigenvalue weighted by molar-refractivity contribution is 4.82. The third-order valence-corrected chi connectivity index (χ3v) is 2.23. The molecule has 4 nitrogen and oxygen atoms in total. The van der Waals surface area contributed by atoms with Crippen molar-refractivity contribution < 1.29 is 0 Å². The number of nitrogens with two attached hydrogens (primary N) is 3. The van der Waals surface area contributed by atoms with Crippen LogP contribution < -0.4 is 22.5 Å². The van der Waals surface area contributed by atoms with E-state index in [0.717, 1.165) is 6.54 Å². The largest absolute Gasteiger partial charge is 0.330 e. The minimum atomic E-state index is 0.109. The van der Waals surface area contributed by atoms with Gasteiger partial charge in [-0.1, -0.05) is 6.92 Å². The first-order valence-corrected chi connectivity index (χ1v) is 4.93. The predicted molar refractivity (Wildman–Crippen MR) is 57.3 cm³/mol. The van der Waals surface area contributed by atoms with Crippen LogP contribution in [0.1, 0.15) is 20.8 Å². The first kappa shape index (κ1) is 12.8. The van der Waals surface area contributed by atoms with Gasteiger partial charge in [-0.25, -0.2) is 0 Å². The van der Waals surface area contributed by atoms with Gasteiger partial charge in [0.15, 0.2) is 0 Å². The van der Waals surface area contributed by atoms with E-state index in [0.29, 0.717) is 12.5 Å². The fourth-order valence-corrected chi connectivity index (χ4v) is 1.37. The fraction of sp³-hybridized carbons (Fsp3) is 1.00. The van der Waals surface area contributed by atoms with Crippen molar-refractivity contribution in [1.29, 1.82) is 0 Å². The summed E-state index contributed by atoms with van der Waals surface area (Å²) in [4.78, 5) is 0. The molecule has 4 unspecified atom stereocenters. The van der Waals surface area contributed by atoms with Crippen molar-refractivity contribution in [3.05, 3.63) is 0 Å². The molecule has 0 aliphatic carbocycles. The SMILES string of the molecule is CC(N)CNC(C(C)N)C(C)CN. The summed E-state index contributed by atoms with van der Waals surface area (Å²) in [7, 11) is 0. The van der Waals surface area contributed by atoms with Crippen LogP contribution in [0.15, 0.2) is 0 Å². The molecular formula is C9H24N4. The summed E-state index contributed by atoms with van der Waals surface area (Å²) in [5, 5.41) is 3.34. The van der Waals surface area contributed by atoms with E-state index in [2.05, 4.69) is 12.2 Å². The Balaban J connectivity index is 3.95. The number of hydrogen-bond donors (Lipinski definition) is 4. The Morgan fingerprint density at radius 1 is 1.15 bits per heavy atom. The van der Waals surface area contributed by atoms with Crippen LogP contribution in [0.25, 0.3) is 0 Å². The van der Waals surface area contributed by atoms with Crippen molar-refractivity contribution in [2.45, 2.75) is 38.9 Å². The van der Waals surface area contributed by atoms with Crippen LogP contribution in [0.5, 0.6) is 0 Å². The lowest BCUT2D eigenvalue weighted by atomic mass is 9.96. The second-order valence-corrected chi connectivity index (χ2v) is 3.98. The fourth-order valence-electron chi connectivity index (χ4n) is 1.37. The molecule has 0 spiro atoms. The van der Waals surface area contributed by atoms with Gasteiger partial charge in [0.05, 0.1) is 0 Å². The average molecular weight is 188 g/mol. The Morgan fingerprint density at radius 2 is 1.69 bits per heavy atom. The van der Waals surface area contributed by atoms with Crippen LogP contribution in [0, 0.1) is 5.92 Å². The van der Waals surface area contributed by atoms with Crippen molar-refractivity contribution in [3.63, 3.8) is 0 Å². The molecule has 0 amide bonds. The molecule has 0 heterocycles. The predicted octanol–water partition coefficient (Wildman–Crippen LogP) is -0.766. The summed E-state index contributed by atoms with van der Waals surface area (Å²) < 4.78 is 0. The topological polar surface area (TPSA) is 90.1 Å². The average Bonchev–Trinajstić information content (AvgIpc) is 2.03. The summed E-state index contributed by atoms with van der Waals surface area (Å²) in [6.07, 6.45) is 0. The Labute approximate surface area is 81.2 Å². The van der Waals surface area contributed by atoms with E-state index in [9.17, 15) is 0 Å². The van der Waals surface area contributed by atoms with E-state index < -0.39 is 0 Å². The van der Waals surface area contributed by atoms with Crippen LogP contribution >= 0.6 is 0 Å². The smallest absolute Gasteiger partial charge is 0.0254 e.